The molecule has 0 atom stereocenters. The summed E-state index contributed by atoms with van der Waals surface area (Å²) in [6.45, 7) is 9.94. The van der Waals surface area contributed by atoms with Crippen LogP contribution in [0.4, 0.5) is 0 Å². The van der Waals surface area contributed by atoms with Crippen molar-refractivity contribution in [2.45, 2.75) is 47.0 Å². The normalized spacial score (nSPS) is 18.5. The van der Waals surface area contributed by atoms with E-state index in [0.29, 0.717) is 67.9 Å². The summed E-state index contributed by atoms with van der Waals surface area (Å²) in [7, 11) is 0. The third-order valence-corrected chi connectivity index (χ3v) is 6.31. The maximum absolute atomic E-state index is 13.3. The molecule has 0 radical (unpaired) electrons. The Kier molecular flexibility index (Phi) is 5.50. The zero-order valence-electron chi connectivity index (χ0n) is 18.8. The molecule has 31 heavy (non-hydrogen) atoms. The van der Waals surface area contributed by atoms with Crippen LogP contribution in [0.2, 0.25) is 0 Å². The average Bonchev–Trinajstić information content (AvgIpc) is 2.88. The van der Waals surface area contributed by atoms with Crippen LogP contribution in [0, 0.1) is 19.3 Å². The average molecular weight is 423 g/mol. The van der Waals surface area contributed by atoms with Gasteiger partial charge >= 0.3 is 0 Å². The molecule has 1 saturated heterocycles. The van der Waals surface area contributed by atoms with Crippen molar-refractivity contribution in [3.63, 3.8) is 0 Å². The summed E-state index contributed by atoms with van der Waals surface area (Å²) in [5.41, 5.74) is 2.81. The second kappa shape index (κ2) is 7.98. The van der Waals surface area contributed by atoms with Gasteiger partial charge in [0.2, 0.25) is 0 Å². The van der Waals surface area contributed by atoms with E-state index < -0.39 is 0 Å². The molecule has 1 aliphatic heterocycles. The standard InChI is InChI=1S/C25H30N2O4/c1-16-7-5-8-18(13-16)23(29)26-9-6-10-27(12-11-26)24(30)22-17(2)21-19(28)14-25(3,4)15-20(21)31-22/h5,7-8,13H,6,9-12,14-15H2,1-4H3. The fraction of sp³-hybridized carbons (Fsp3) is 0.480. The van der Waals surface area contributed by atoms with Crippen LogP contribution in [0.25, 0.3) is 0 Å². The van der Waals surface area contributed by atoms with Gasteiger partial charge in [0.1, 0.15) is 5.76 Å². The van der Waals surface area contributed by atoms with Gasteiger partial charge in [-0.15, -0.1) is 0 Å². The maximum Gasteiger partial charge on any atom is 0.289 e. The van der Waals surface area contributed by atoms with Crippen molar-refractivity contribution in [2.24, 2.45) is 5.41 Å². The zero-order valence-corrected chi connectivity index (χ0v) is 18.8. The van der Waals surface area contributed by atoms with Crippen LogP contribution in [0.5, 0.6) is 0 Å². The van der Waals surface area contributed by atoms with Crippen LogP contribution >= 0.6 is 0 Å². The molecule has 2 aromatic rings. The predicted molar refractivity (Wildman–Crippen MR) is 117 cm³/mol. The Hall–Kier alpha value is -2.89. The molecular weight excluding hydrogens is 392 g/mol. The Morgan fingerprint density at radius 2 is 1.65 bits per heavy atom. The van der Waals surface area contributed by atoms with Gasteiger partial charge in [-0.05, 0) is 37.8 Å². The minimum Gasteiger partial charge on any atom is -0.455 e. The van der Waals surface area contributed by atoms with E-state index in [1.54, 1.807) is 11.8 Å². The maximum atomic E-state index is 13.3. The summed E-state index contributed by atoms with van der Waals surface area (Å²) in [5, 5.41) is 0. The third-order valence-electron chi connectivity index (χ3n) is 6.31. The van der Waals surface area contributed by atoms with Crippen LogP contribution in [-0.4, -0.2) is 53.6 Å². The van der Waals surface area contributed by atoms with E-state index in [1.807, 2.05) is 49.9 Å². The smallest absolute Gasteiger partial charge is 0.289 e. The van der Waals surface area contributed by atoms with Crippen molar-refractivity contribution >= 4 is 17.6 Å². The van der Waals surface area contributed by atoms with E-state index in [2.05, 4.69) is 0 Å². The summed E-state index contributed by atoms with van der Waals surface area (Å²) in [4.78, 5) is 42.4. The molecule has 0 saturated carbocycles. The molecular formula is C25H30N2O4. The lowest BCUT2D eigenvalue weighted by Gasteiger charge is -2.27. The van der Waals surface area contributed by atoms with Gasteiger partial charge in [0.05, 0.1) is 5.56 Å². The number of aryl methyl sites for hydroxylation is 1. The highest BCUT2D eigenvalue weighted by Gasteiger charge is 2.38. The fourth-order valence-electron chi connectivity index (χ4n) is 4.71. The second-order valence-corrected chi connectivity index (χ2v) is 9.60. The fourth-order valence-corrected chi connectivity index (χ4v) is 4.71. The van der Waals surface area contributed by atoms with Gasteiger partial charge in [-0.3, -0.25) is 14.4 Å². The van der Waals surface area contributed by atoms with Gasteiger partial charge in [0.25, 0.3) is 11.8 Å². The molecule has 1 aliphatic carbocycles. The van der Waals surface area contributed by atoms with Crippen LogP contribution in [0.1, 0.15) is 74.8 Å². The number of amides is 2. The first-order valence-corrected chi connectivity index (χ1v) is 11.0. The van der Waals surface area contributed by atoms with Crippen molar-refractivity contribution in [2.75, 3.05) is 26.2 Å². The minimum absolute atomic E-state index is 0.00419. The predicted octanol–water partition coefficient (Wildman–Crippen LogP) is 4.04. The summed E-state index contributed by atoms with van der Waals surface area (Å²) in [6, 6.07) is 7.58. The van der Waals surface area contributed by atoms with Gasteiger partial charge in [-0.2, -0.15) is 0 Å². The van der Waals surface area contributed by atoms with Gasteiger partial charge < -0.3 is 14.2 Å². The largest absolute Gasteiger partial charge is 0.455 e. The third kappa shape index (κ3) is 4.16. The van der Waals surface area contributed by atoms with Crippen molar-refractivity contribution < 1.29 is 18.8 Å². The number of hydrogen-bond donors (Lipinski definition) is 0. The molecule has 1 aromatic heterocycles. The summed E-state index contributed by atoms with van der Waals surface area (Å²) < 4.78 is 5.96. The number of carbonyl (C=O) groups excluding carboxylic acids is 3. The number of Topliss-reactive ketones (excluding diaryl/α,β-unsaturated/α-hetero) is 1. The molecule has 1 aromatic carbocycles. The SMILES string of the molecule is Cc1cccc(C(=O)N2CCCN(C(=O)c3oc4c(c3C)C(=O)CC(C)(C)C4)CC2)c1. The molecule has 1 fully saturated rings. The number of furan rings is 1. The first-order valence-electron chi connectivity index (χ1n) is 11.0. The van der Waals surface area contributed by atoms with Crippen LogP contribution in [-0.2, 0) is 6.42 Å². The Bertz CT molecular complexity index is 1050. The highest BCUT2D eigenvalue weighted by atomic mass is 16.4. The first-order chi connectivity index (χ1) is 14.7. The summed E-state index contributed by atoms with van der Waals surface area (Å²) >= 11 is 0. The lowest BCUT2D eigenvalue weighted by molar-refractivity contribution is 0.0696. The second-order valence-electron chi connectivity index (χ2n) is 9.60. The highest BCUT2D eigenvalue weighted by molar-refractivity contribution is 6.03. The summed E-state index contributed by atoms with van der Waals surface area (Å²) in [6.07, 6.45) is 1.82. The molecule has 2 aliphatic rings. The molecule has 2 heterocycles. The molecule has 0 N–H and O–H groups in total. The zero-order chi connectivity index (χ0) is 22.3. The Morgan fingerprint density at radius 3 is 2.32 bits per heavy atom. The van der Waals surface area contributed by atoms with E-state index in [4.69, 9.17) is 4.42 Å². The molecule has 6 heteroatoms. The van der Waals surface area contributed by atoms with Crippen LogP contribution in [0.15, 0.2) is 28.7 Å². The van der Waals surface area contributed by atoms with Crippen molar-refractivity contribution in [3.05, 3.63) is 58.0 Å². The number of fused-ring (bicyclic) bond motifs is 1. The number of ketones is 1. The molecule has 0 spiro atoms. The van der Waals surface area contributed by atoms with Gasteiger partial charge in [-0.25, -0.2) is 0 Å². The van der Waals surface area contributed by atoms with Crippen molar-refractivity contribution in [3.8, 4) is 0 Å². The number of hydrogen-bond acceptors (Lipinski definition) is 4. The van der Waals surface area contributed by atoms with E-state index in [0.717, 1.165) is 5.56 Å². The lowest BCUT2D eigenvalue weighted by atomic mass is 9.76. The summed E-state index contributed by atoms with van der Waals surface area (Å²) in [5.74, 6) is 0.762. The monoisotopic (exact) mass is 422 g/mol. The Labute approximate surface area is 183 Å². The van der Waals surface area contributed by atoms with Gasteiger partial charge in [-0.1, -0.05) is 31.5 Å². The van der Waals surface area contributed by atoms with Crippen molar-refractivity contribution in [1.29, 1.82) is 0 Å². The highest BCUT2D eigenvalue weighted by Crippen LogP contribution is 2.38. The quantitative estimate of drug-likeness (QED) is 0.732. The number of rotatable bonds is 2. The van der Waals surface area contributed by atoms with Crippen LogP contribution in [0.3, 0.4) is 0 Å². The van der Waals surface area contributed by atoms with Crippen molar-refractivity contribution in [1.82, 2.24) is 9.80 Å². The minimum atomic E-state index is -0.192. The van der Waals surface area contributed by atoms with E-state index >= 15 is 0 Å². The molecule has 2 amide bonds. The first kappa shape index (κ1) is 21.3. The van der Waals surface area contributed by atoms with Crippen LogP contribution < -0.4 is 0 Å². The van der Waals surface area contributed by atoms with E-state index in [9.17, 15) is 14.4 Å². The molecule has 164 valence electrons. The van der Waals surface area contributed by atoms with E-state index in [1.165, 1.54) is 0 Å². The van der Waals surface area contributed by atoms with E-state index in [-0.39, 0.29) is 28.8 Å². The number of benzene rings is 1. The molecule has 6 nitrogen and oxygen atoms in total. The molecule has 4 rings (SSSR count). The molecule has 0 unspecified atom stereocenters. The molecule has 0 bridgehead atoms. The topological polar surface area (TPSA) is 70.8 Å². The van der Waals surface area contributed by atoms with Gasteiger partial charge in [0, 0.05) is 50.1 Å². The number of nitrogens with zero attached hydrogens (tertiary/aromatic N) is 2. The Morgan fingerprint density at radius 1 is 0.968 bits per heavy atom. The Balaban J connectivity index is 1.50. The number of carbonyl (C=O) groups is 3. The van der Waals surface area contributed by atoms with Gasteiger partial charge in [0.15, 0.2) is 11.5 Å². The lowest BCUT2D eigenvalue weighted by Crippen LogP contribution is -2.37.